The van der Waals surface area contributed by atoms with Crippen LogP contribution in [0.25, 0.3) is 0 Å². The number of carbonyl (C=O) groups is 2. The Bertz CT molecular complexity index is 1130. The molecule has 9 nitrogen and oxygen atoms in total. The number of aliphatic hydroxyl groups excluding tert-OH is 2. The second-order valence-electron chi connectivity index (χ2n) is 11.5. The number of ether oxygens (including phenoxy) is 4. The molecule has 4 aliphatic rings. The number of thiazole rings is 1. The van der Waals surface area contributed by atoms with Gasteiger partial charge < -0.3 is 29.2 Å². The number of rotatable bonds is 4. The second-order valence-corrected chi connectivity index (χ2v) is 12.3. The number of hydrogen-bond acceptors (Lipinski definition) is 10. The monoisotopic (exact) mass is 547 g/mol. The molecule has 2 N–H and O–H groups in total. The standard InChI is InChI=1S/C28H37NO8S/c1-13-9-14(2)28-17(10-19(34-6)26(33)35-21(13)16(4)30)7-8-27(5)23(28)20(31)15(3)22(24(27)37-28)36-25(32)18-11-38-12-29-18/h7-9,11-13,15-17,19-24,30-31H,10H2,1-6H3/b14-9+/t13-,15-,16-,17-,19+,20-,21+,22-,23-,24+,27-,28+/m1/s1. The maximum Gasteiger partial charge on any atom is 0.358 e. The van der Waals surface area contributed by atoms with E-state index >= 15 is 0 Å². The van der Waals surface area contributed by atoms with E-state index < -0.39 is 65.5 Å². The Labute approximate surface area is 226 Å². The third-order valence-electron chi connectivity index (χ3n) is 9.28. The van der Waals surface area contributed by atoms with Crippen molar-refractivity contribution >= 4 is 23.3 Å². The lowest BCUT2D eigenvalue weighted by atomic mass is 9.51. The molecule has 1 spiro atoms. The smallest absolute Gasteiger partial charge is 0.358 e. The largest absolute Gasteiger partial charge is 0.457 e. The van der Waals surface area contributed by atoms with Crippen LogP contribution in [0.2, 0.25) is 0 Å². The number of cyclic esters (lactones) is 1. The summed E-state index contributed by atoms with van der Waals surface area (Å²) in [6, 6.07) is 0. The fraction of sp³-hybridized carbons (Fsp3) is 0.679. The fourth-order valence-electron chi connectivity index (χ4n) is 7.39. The highest BCUT2D eigenvalue weighted by molar-refractivity contribution is 7.07. The Hall–Kier alpha value is -2.11. The zero-order valence-electron chi connectivity index (χ0n) is 22.6. The summed E-state index contributed by atoms with van der Waals surface area (Å²) in [7, 11) is 1.46. The number of nitrogens with zero attached hydrogens (tertiary/aromatic N) is 1. The van der Waals surface area contributed by atoms with E-state index in [4.69, 9.17) is 18.9 Å². The van der Waals surface area contributed by atoms with E-state index in [1.165, 1.54) is 18.4 Å². The molecular formula is C28H37NO8S. The van der Waals surface area contributed by atoms with Crippen molar-refractivity contribution in [3.63, 3.8) is 0 Å². The topological polar surface area (TPSA) is 124 Å². The quantitative estimate of drug-likeness (QED) is 0.432. The van der Waals surface area contributed by atoms with E-state index in [0.717, 1.165) is 5.57 Å². The van der Waals surface area contributed by atoms with Gasteiger partial charge in [-0.2, -0.15) is 0 Å². The number of aromatic nitrogens is 1. The van der Waals surface area contributed by atoms with Crippen LogP contribution in [-0.2, 0) is 23.7 Å². The molecule has 3 heterocycles. The Morgan fingerprint density at radius 1 is 1.34 bits per heavy atom. The van der Waals surface area contributed by atoms with E-state index in [2.05, 4.69) is 11.1 Å². The predicted molar refractivity (Wildman–Crippen MR) is 138 cm³/mol. The molecule has 0 radical (unpaired) electrons. The molecule has 208 valence electrons. The van der Waals surface area contributed by atoms with Crippen molar-refractivity contribution in [2.24, 2.45) is 29.1 Å². The molecule has 1 saturated heterocycles. The lowest BCUT2D eigenvalue weighted by molar-refractivity contribution is -0.172. The Balaban J connectivity index is 1.62. The van der Waals surface area contributed by atoms with Crippen molar-refractivity contribution < 1.29 is 38.7 Å². The van der Waals surface area contributed by atoms with Gasteiger partial charge in [-0.1, -0.05) is 39.0 Å². The minimum absolute atomic E-state index is 0.228. The van der Waals surface area contributed by atoms with E-state index in [1.807, 2.05) is 39.8 Å². The van der Waals surface area contributed by atoms with Gasteiger partial charge in [0.1, 0.15) is 23.9 Å². The van der Waals surface area contributed by atoms with Crippen molar-refractivity contribution in [3.8, 4) is 0 Å². The van der Waals surface area contributed by atoms with Gasteiger partial charge in [0.25, 0.3) is 0 Å². The normalized spacial score (nSPS) is 46.4. The van der Waals surface area contributed by atoms with Crippen molar-refractivity contribution in [2.75, 3.05) is 7.11 Å². The lowest BCUT2D eigenvalue weighted by Gasteiger charge is -2.52. The molecule has 2 fully saturated rings. The fourth-order valence-corrected chi connectivity index (χ4v) is 7.91. The first-order valence-corrected chi connectivity index (χ1v) is 14.1. The van der Waals surface area contributed by atoms with Crippen LogP contribution in [0.4, 0.5) is 0 Å². The van der Waals surface area contributed by atoms with Gasteiger partial charge >= 0.3 is 11.9 Å². The highest BCUT2D eigenvalue weighted by Gasteiger charge is 2.73. The third-order valence-corrected chi connectivity index (χ3v) is 9.86. The van der Waals surface area contributed by atoms with Crippen LogP contribution in [-0.4, -0.2) is 76.5 Å². The number of carbonyl (C=O) groups excluding carboxylic acids is 2. The summed E-state index contributed by atoms with van der Waals surface area (Å²) >= 11 is 1.31. The minimum Gasteiger partial charge on any atom is -0.457 e. The van der Waals surface area contributed by atoms with Crippen LogP contribution in [0.1, 0.15) is 51.5 Å². The summed E-state index contributed by atoms with van der Waals surface area (Å²) in [6.45, 7) is 9.38. The first-order chi connectivity index (χ1) is 18.0. The first kappa shape index (κ1) is 27.5. The average molecular weight is 548 g/mol. The zero-order chi connectivity index (χ0) is 27.6. The van der Waals surface area contributed by atoms with Gasteiger partial charge in [0.15, 0.2) is 11.8 Å². The molecule has 12 atom stereocenters. The average Bonchev–Trinajstić information content (AvgIpc) is 3.45. The van der Waals surface area contributed by atoms with Gasteiger partial charge in [-0.25, -0.2) is 14.6 Å². The van der Waals surface area contributed by atoms with Gasteiger partial charge in [-0.3, -0.25) is 0 Å². The molecule has 0 aromatic carbocycles. The van der Waals surface area contributed by atoms with Gasteiger partial charge in [-0.05, 0) is 25.8 Å². The van der Waals surface area contributed by atoms with Gasteiger partial charge in [-0.15, -0.1) is 11.3 Å². The maximum atomic E-state index is 13.1. The van der Waals surface area contributed by atoms with Crippen LogP contribution in [0.15, 0.2) is 34.7 Å². The van der Waals surface area contributed by atoms with Crippen molar-refractivity contribution in [2.45, 2.75) is 83.3 Å². The number of aliphatic hydroxyl groups is 2. The SMILES string of the molecule is CO[C@H]1C[C@H]2C=C[C@]3(C)[C@H]4[C@H](O)[C@@H](C)[C@@H](OC(=O)c5cscn5)[C@@H]3O[C@@]24/C(C)=C/[C@@H](C)[C@@H]([C@@H](C)O)OC1=O. The molecule has 1 aromatic rings. The molecule has 1 aromatic heterocycles. The van der Waals surface area contributed by atoms with Crippen LogP contribution >= 0.6 is 11.3 Å². The Morgan fingerprint density at radius 2 is 2.08 bits per heavy atom. The lowest BCUT2D eigenvalue weighted by Crippen LogP contribution is -2.61. The minimum atomic E-state index is -0.977. The molecule has 2 aliphatic heterocycles. The molecule has 1 saturated carbocycles. The van der Waals surface area contributed by atoms with E-state index in [0.29, 0.717) is 0 Å². The van der Waals surface area contributed by atoms with E-state index in [9.17, 15) is 19.8 Å². The molecule has 4 bridgehead atoms. The third kappa shape index (κ3) is 3.99. The highest BCUT2D eigenvalue weighted by atomic mass is 32.1. The predicted octanol–water partition coefficient (Wildman–Crippen LogP) is 2.92. The number of esters is 2. The maximum absolute atomic E-state index is 13.1. The summed E-state index contributed by atoms with van der Waals surface area (Å²) < 4.78 is 24.3. The highest BCUT2D eigenvalue weighted by Crippen LogP contribution is 2.66. The summed E-state index contributed by atoms with van der Waals surface area (Å²) in [5, 5.41) is 23.9. The summed E-state index contributed by atoms with van der Waals surface area (Å²) in [5.41, 5.74) is 1.08. The van der Waals surface area contributed by atoms with Gasteiger partial charge in [0, 0.05) is 41.6 Å². The molecule has 5 rings (SSSR count). The van der Waals surface area contributed by atoms with Crippen LogP contribution in [0.3, 0.4) is 0 Å². The summed E-state index contributed by atoms with van der Waals surface area (Å²) in [5.74, 6) is -2.50. The first-order valence-electron chi connectivity index (χ1n) is 13.2. The second kappa shape index (κ2) is 9.82. The summed E-state index contributed by atoms with van der Waals surface area (Å²) in [6.07, 6.45) is 1.69. The van der Waals surface area contributed by atoms with Crippen LogP contribution in [0.5, 0.6) is 0 Å². The van der Waals surface area contributed by atoms with Crippen molar-refractivity contribution in [3.05, 3.63) is 40.4 Å². The van der Waals surface area contributed by atoms with Gasteiger partial charge in [0.2, 0.25) is 0 Å². The van der Waals surface area contributed by atoms with E-state index in [-0.39, 0.29) is 29.9 Å². The molecular weight excluding hydrogens is 510 g/mol. The van der Waals surface area contributed by atoms with Crippen molar-refractivity contribution in [1.82, 2.24) is 4.98 Å². The number of hydrogen-bond donors (Lipinski definition) is 2. The molecule has 0 unspecified atom stereocenters. The Morgan fingerprint density at radius 3 is 2.71 bits per heavy atom. The molecule has 0 amide bonds. The molecule has 10 heteroatoms. The van der Waals surface area contributed by atoms with Crippen LogP contribution in [0, 0.1) is 29.1 Å². The Kier molecular flexibility index (Phi) is 7.09. The van der Waals surface area contributed by atoms with Crippen molar-refractivity contribution in [1.29, 1.82) is 0 Å². The van der Waals surface area contributed by atoms with Crippen LogP contribution < -0.4 is 0 Å². The molecule has 2 aliphatic carbocycles. The van der Waals surface area contributed by atoms with Gasteiger partial charge in [0.05, 0.1) is 17.7 Å². The number of methoxy groups -OCH3 is 1. The zero-order valence-corrected chi connectivity index (χ0v) is 23.4. The van der Waals surface area contributed by atoms with E-state index in [1.54, 1.807) is 17.8 Å². The summed E-state index contributed by atoms with van der Waals surface area (Å²) in [4.78, 5) is 30.2. The molecule has 38 heavy (non-hydrogen) atoms.